The van der Waals surface area contributed by atoms with Crippen LogP contribution in [0.3, 0.4) is 0 Å². The number of ether oxygens (including phenoxy) is 1. The van der Waals surface area contributed by atoms with E-state index in [1.54, 1.807) is 4.90 Å². The van der Waals surface area contributed by atoms with E-state index in [1.165, 1.54) is 0 Å². The van der Waals surface area contributed by atoms with Crippen LogP contribution < -0.4 is 5.32 Å². The van der Waals surface area contributed by atoms with Gasteiger partial charge in [-0.15, -0.1) is 0 Å². The SMILES string of the molecule is CCCC[Si](C)(C)OC1CC(NC(=O)OC(C)(C)C)C(=O)N(Cc2ccccc2)C1. The van der Waals surface area contributed by atoms with Crippen molar-refractivity contribution in [3.05, 3.63) is 35.9 Å². The number of alkyl carbamates (subject to hydrolysis) is 1. The van der Waals surface area contributed by atoms with Crippen LogP contribution in [-0.4, -0.2) is 49.5 Å². The van der Waals surface area contributed by atoms with Gasteiger partial charge in [-0.2, -0.15) is 0 Å². The number of amides is 2. The Balaban J connectivity index is 2.14. The van der Waals surface area contributed by atoms with Crippen molar-refractivity contribution in [3.63, 3.8) is 0 Å². The molecule has 6 nitrogen and oxygen atoms in total. The lowest BCUT2D eigenvalue weighted by molar-refractivity contribution is -0.140. The fourth-order valence-corrected chi connectivity index (χ4v) is 6.11. The number of hydrogen-bond donors (Lipinski definition) is 1. The normalized spacial score (nSPS) is 20.2. The van der Waals surface area contributed by atoms with E-state index in [0.717, 1.165) is 24.4 Å². The predicted octanol–water partition coefficient (Wildman–Crippen LogP) is 4.70. The Morgan fingerprint density at radius 2 is 1.90 bits per heavy atom. The molecule has 2 amide bonds. The molecule has 0 aromatic heterocycles. The van der Waals surface area contributed by atoms with Crippen LogP contribution in [-0.2, 0) is 20.5 Å². The number of carbonyl (C=O) groups excluding carboxylic acids is 2. The van der Waals surface area contributed by atoms with Gasteiger partial charge < -0.3 is 19.4 Å². The smallest absolute Gasteiger partial charge is 0.408 e. The van der Waals surface area contributed by atoms with Crippen LogP contribution in [0.15, 0.2) is 30.3 Å². The second-order valence-electron chi connectivity index (χ2n) is 9.74. The van der Waals surface area contributed by atoms with Gasteiger partial charge in [-0.05, 0) is 45.5 Å². The van der Waals surface area contributed by atoms with E-state index in [9.17, 15) is 9.59 Å². The summed E-state index contributed by atoms with van der Waals surface area (Å²) in [5.74, 6) is -0.0856. The van der Waals surface area contributed by atoms with E-state index < -0.39 is 26.1 Å². The third-order valence-corrected chi connectivity index (χ3v) is 7.59. The van der Waals surface area contributed by atoms with E-state index in [1.807, 2.05) is 51.1 Å². The third kappa shape index (κ3) is 8.11. The zero-order chi connectivity index (χ0) is 22.4. The summed E-state index contributed by atoms with van der Waals surface area (Å²) in [7, 11) is -1.85. The first kappa shape index (κ1) is 24.4. The highest BCUT2D eigenvalue weighted by molar-refractivity contribution is 6.71. The van der Waals surface area contributed by atoms with Crippen molar-refractivity contribution in [1.82, 2.24) is 10.2 Å². The van der Waals surface area contributed by atoms with E-state index in [4.69, 9.17) is 9.16 Å². The summed E-state index contributed by atoms with van der Waals surface area (Å²) in [6.45, 7) is 13.1. The molecule has 1 fully saturated rings. The Labute approximate surface area is 182 Å². The zero-order valence-electron chi connectivity index (χ0n) is 19.4. The highest BCUT2D eigenvalue weighted by Crippen LogP contribution is 2.24. The third-order valence-electron chi connectivity index (χ3n) is 5.06. The van der Waals surface area contributed by atoms with Crippen molar-refractivity contribution in [2.45, 2.75) is 90.4 Å². The summed E-state index contributed by atoms with van der Waals surface area (Å²) in [6.07, 6.45) is 2.12. The van der Waals surface area contributed by atoms with Gasteiger partial charge in [0.05, 0.1) is 6.10 Å². The maximum absolute atomic E-state index is 13.1. The monoisotopic (exact) mass is 434 g/mol. The van der Waals surface area contributed by atoms with Crippen molar-refractivity contribution >= 4 is 20.3 Å². The fourth-order valence-electron chi connectivity index (χ4n) is 3.71. The van der Waals surface area contributed by atoms with Gasteiger partial charge in [0.25, 0.3) is 0 Å². The molecule has 2 atom stereocenters. The van der Waals surface area contributed by atoms with Crippen LogP contribution in [0.2, 0.25) is 19.1 Å². The van der Waals surface area contributed by atoms with E-state index in [2.05, 4.69) is 25.3 Å². The maximum Gasteiger partial charge on any atom is 0.408 e. The second kappa shape index (κ2) is 10.4. The van der Waals surface area contributed by atoms with Gasteiger partial charge in [-0.1, -0.05) is 50.1 Å². The van der Waals surface area contributed by atoms with Crippen molar-refractivity contribution in [2.24, 2.45) is 0 Å². The Morgan fingerprint density at radius 1 is 1.23 bits per heavy atom. The number of unbranched alkanes of at least 4 members (excludes halogenated alkanes) is 1. The summed E-state index contributed by atoms with van der Waals surface area (Å²) < 4.78 is 11.9. The van der Waals surface area contributed by atoms with Crippen molar-refractivity contribution in [3.8, 4) is 0 Å². The molecular formula is C23H38N2O4Si. The quantitative estimate of drug-likeness (QED) is 0.602. The molecule has 2 unspecified atom stereocenters. The van der Waals surface area contributed by atoms with Crippen molar-refractivity contribution in [1.29, 1.82) is 0 Å². The largest absolute Gasteiger partial charge is 0.444 e. The lowest BCUT2D eigenvalue weighted by Crippen LogP contribution is -2.58. The Hall–Kier alpha value is -1.86. The first-order valence-electron chi connectivity index (χ1n) is 11.0. The lowest BCUT2D eigenvalue weighted by Gasteiger charge is -2.40. The molecule has 1 aromatic rings. The summed E-state index contributed by atoms with van der Waals surface area (Å²) in [6, 6.07) is 10.4. The van der Waals surface area contributed by atoms with Crippen molar-refractivity contribution in [2.75, 3.05) is 6.54 Å². The van der Waals surface area contributed by atoms with Crippen molar-refractivity contribution < 1.29 is 18.8 Å². The molecule has 0 aliphatic carbocycles. The number of hydrogen-bond acceptors (Lipinski definition) is 4. The minimum absolute atomic E-state index is 0.0856. The summed E-state index contributed by atoms with van der Waals surface area (Å²) in [4.78, 5) is 27.3. The number of benzene rings is 1. The lowest BCUT2D eigenvalue weighted by atomic mass is 10.0. The average molecular weight is 435 g/mol. The standard InChI is InChI=1S/C23H38N2O4Si/c1-7-8-14-30(5,6)29-19-15-20(24-22(27)28-23(2,3)4)21(26)25(17-19)16-18-12-10-9-11-13-18/h9-13,19-20H,7-8,14-17H2,1-6H3,(H,24,27). The Bertz CT molecular complexity index is 703. The summed E-state index contributed by atoms with van der Waals surface area (Å²) >= 11 is 0. The number of nitrogens with zero attached hydrogens (tertiary/aromatic N) is 1. The van der Waals surface area contributed by atoms with Crippen LogP contribution in [0.5, 0.6) is 0 Å². The highest BCUT2D eigenvalue weighted by Gasteiger charge is 2.39. The van der Waals surface area contributed by atoms with Gasteiger partial charge in [0, 0.05) is 19.5 Å². The molecule has 1 heterocycles. The van der Waals surface area contributed by atoms with Crippen LogP contribution in [0, 0.1) is 0 Å². The van der Waals surface area contributed by atoms with E-state index in [-0.39, 0.29) is 12.0 Å². The molecule has 30 heavy (non-hydrogen) atoms. The molecule has 7 heteroatoms. The Kier molecular flexibility index (Phi) is 8.49. The van der Waals surface area contributed by atoms with Crippen LogP contribution in [0.4, 0.5) is 4.79 Å². The molecular weight excluding hydrogens is 396 g/mol. The topological polar surface area (TPSA) is 67.9 Å². The highest BCUT2D eigenvalue weighted by atomic mass is 28.4. The molecule has 0 bridgehead atoms. The molecule has 0 spiro atoms. The number of piperidine rings is 1. The molecule has 1 saturated heterocycles. The number of likely N-dealkylation sites (tertiary alicyclic amines) is 1. The van der Waals surface area contributed by atoms with Crippen LogP contribution in [0.1, 0.15) is 52.5 Å². The van der Waals surface area contributed by atoms with Crippen LogP contribution >= 0.6 is 0 Å². The molecule has 1 N–H and O–H groups in total. The van der Waals surface area contributed by atoms with Gasteiger partial charge in [-0.25, -0.2) is 4.79 Å². The summed E-state index contributed by atoms with van der Waals surface area (Å²) in [5, 5.41) is 2.78. The summed E-state index contributed by atoms with van der Waals surface area (Å²) in [5.41, 5.74) is 0.446. The van der Waals surface area contributed by atoms with E-state index in [0.29, 0.717) is 19.5 Å². The molecule has 0 saturated carbocycles. The first-order chi connectivity index (χ1) is 14.0. The maximum atomic E-state index is 13.1. The fraction of sp³-hybridized carbons (Fsp3) is 0.652. The second-order valence-corrected chi connectivity index (χ2v) is 14.0. The molecule has 2 rings (SSSR count). The van der Waals surface area contributed by atoms with Gasteiger partial charge in [0.1, 0.15) is 11.6 Å². The number of carbonyl (C=O) groups is 2. The average Bonchev–Trinajstić information content (AvgIpc) is 2.63. The Morgan fingerprint density at radius 3 is 2.50 bits per heavy atom. The molecule has 1 aromatic carbocycles. The zero-order valence-corrected chi connectivity index (χ0v) is 20.4. The molecule has 0 radical (unpaired) electrons. The number of rotatable bonds is 8. The number of nitrogens with one attached hydrogen (secondary N) is 1. The van der Waals surface area contributed by atoms with Gasteiger partial charge >= 0.3 is 6.09 Å². The molecule has 1 aliphatic heterocycles. The van der Waals surface area contributed by atoms with Crippen LogP contribution in [0.25, 0.3) is 0 Å². The molecule has 1 aliphatic rings. The van der Waals surface area contributed by atoms with E-state index >= 15 is 0 Å². The first-order valence-corrected chi connectivity index (χ1v) is 14.1. The molecule has 168 valence electrons. The van der Waals surface area contributed by atoms with Gasteiger partial charge in [0.15, 0.2) is 8.32 Å². The minimum atomic E-state index is -1.85. The van der Waals surface area contributed by atoms with Gasteiger partial charge in [0.2, 0.25) is 5.91 Å². The van der Waals surface area contributed by atoms with Gasteiger partial charge in [-0.3, -0.25) is 4.79 Å². The predicted molar refractivity (Wildman–Crippen MR) is 122 cm³/mol. The minimum Gasteiger partial charge on any atom is -0.444 e.